The first-order chi connectivity index (χ1) is 15.1. The van der Waals surface area contributed by atoms with Crippen molar-refractivity contribution in [3.05, 3.63) is 42.4 Å². The van der Waals surface area contributed by atoms with E-state index in [0.29, 0.717) is 23.6 Å². The number of oxazole rings is 1. The Balaban J connectivity index is 1.25. The van der Waals surface area contributed by atoms with Crippen LogP contribution >= 0.6 is 0 Å². The number of morpholine rings is 1. The van der Waals surface area contributed by atoms with Crippen LogP contribution in [0.5, 0.6) is 0 Å². The van der Waals surface area contributed by atoms with Gasteiger partial charge in [-0.15, -0.1) is 0 Å². The van der Waals surface area contributed by atoms with Crippen LogP contribution in [-0.4, -0.2) is 69.8 Å². The van der Waals surface area contributed by atoms with Gasteiger partial charge in [0, 0.05) is 44.2 Å². The summed E-state index contributed by atoms with van der Waals surface area (Å²) in [5.74, 6) is 1.55. The molecule has 0 radical (unpaired) electrons. The topological polar surface area (TPSA) is 80.4 Å². The van der Waals surface area contributed by atoms with Gasteiger partial charge in [0.2, 0.25) is 0 Å². The molecule has 8 heteroatoms. The van der Waals surface area contributed by atoms with Crippen molar-refractivity contribution in [1.82, 2.24) is 24.8 Å². The lowest BCUT2D eigenvalue weighted by molar-refractivity contribution is -0.0275. The molecule has 0 aliphatic carbocycles. The molecule has 2 aliphatic heterocycles. The molecule has 2 fully saturated rings. The van der Waals surface area contributed by atoms with Gasteiger partial charge in [-0.05, 0) is 37.3 Å². The number of aromatic nitrogens is 4. The molecule has 0 spiro atoms. The van der Waals surface area contributed by atoms with Crippen LogP contribution in [-0.2, 0) is 4.74 Å². The number of anilines is 1. The zero-order chi connectivity index (χ0) is 20.9. The minimum atomic E-state index is 0.471. The van der Waals surface area contributed by atoms with Crippen LogP contribution in [0.1, 0.15) is 12.8 Å². The quantitative estimate of drug-likeness (QED) is 0.504. The number of hydrogen-bond donors (Lipinski definition) is 0. The molecule has 4 aromatic rings. The molecule has 0 N–H and O–H groups in total. The van der Waals surface area contributed by atoms with Crippen LogP contribution < -0.4 is 4.90 Å². The van der Waals surface area contributed by atoms with Crippen LogP contribution in [0.25, 0.3) is 33.5 Å². The third kappa shape index (κ3) is 3.32. The lowest BCUT2D eigenvalue weighted by atomic mass is 10.0. The van der Waals surface area contributed by atoms with Crippen LogP contribution in [0.2, 0.25) is 0 Å². The number of fused-ring (bicyclic) bond motifs is 2. The summed E-state index contributed by atoms with van der Waals surface area (Å²) < 4.78 is 11.1. The van der Waals surface area contributed by atoms with Crippen LogP contribution in [0.3, 0.4) is 0 Å². The Hall–Kier alpha value is -3.10. The summed E-state index contributed by atoms with van der Waals surface area (Å²) >= 11 is 0. The smallest absolute Gasteiger partial charge is 0.192 e. The third-order valence-electron chi connectivity index (χ3n) is 6.26. The predicted molar refractivity (Wildman–Crippen MR) is 118 cm³/mol. The van der Waals surface area contributed by atoms with Crippen LogP contribution in [0.4, 0.5) is 5.82 Å². The van der Waals surface area contributed by atoms with E-state index in [-0.39, 0.29) is 0 Å². The number of pyridine rings is 1. The summed E-state index contributed by atoms with van der Waals surface area (Å²) in [5.41, 5.74) is 4.91. The molecule has 3 aromatic heterocycles. The highest BCUT2D eigenvalue weighted by Gasteiger charge is 2.36. The van der Waals surface area contributed by atoms with Crippen molar-refractivity contribution >= 4 is 28.1 Å². The van der Waals surface area contributed by atoms with Gasteiger partial charge >= 0.3 is 0 Å². The minimum absolute atomic E-state index is 0.471. The Labute approximate surface area is 179 Å². The van der Waals surface area contributed by atoms with Crippen molar-refractivity contribution in [3.63, 3.8) is 0 Å². The van der Waals surface area contributed by atoms with Crippen molar-refractivity contribution in [2.75, 3.05) is 37.7 Å². The van der Waals surface area contributed by atoms with Gasteiger partial charge in [0.05, 0.1) is 25.1 Å². The van der Waals surface area contributed by atoms with E-state index in [1.54, 1.807) is 0 Å². The molecular weight excluding hydrogens is 392 g/mol. The number of aryl methyl sites for hydroxylation is 1. The maximum Gasteiger partial charge on any atom is 0.192 e. The molecular formula is C23H24N6O2. The molecule has 6 rings (SSSR count). The fourth-order valence-electron chi connectivity index (χ4n) is 4.54. The summed E-state index contributed by atoms with van der Waals surface area (Å²) in [5, 5.41) is 0. The highest BCUT2D eigenvalue weighted by atomic mass is 16.5. The normalized spacial score (nSPS) is 20.5. The average molecular weight is 416 g/mol. The van der Waals surface area contributed by atoms with Crippen molar-refractivity contribution in [1.29, 1.82) is 0 Å². The largest absolute Gasteiger partial charge is 0.441 e. The Morgan fingerprint density at radius 1 is 1.03 bits per heavy atom. The predicted octanol–water partition coefficient (Wildman–Crippen LogP) is 3.05. The summed E-state index contributed by atoms with van der Waals surface area (Å²) in [4.78, 5) is 23.5. The number of benzene rings is 1. The number of hydrogen-bond acceptors (Lipinski definition) is 8. The molecule has 5 heterocycles. The van der Waals surface area contributed by atoms with E-state index < -0.39 is 0 Å². The number of rotatable bonds is 3. The van der Waals surface area contributed by atoms with E-state index in [2.05, 4.69) is 26.7 Å². The molecule has 2 aliphatic rings. The van der Waals surface area contributed by atoms with E-state index >= 15 is 0 Å². The first-order valence-corrected chi connectivity index (χ1v) is 10.7. The average Bonchev–Trinajstić information content (AvgIpc) is 3.12. The van der Waals surface area contributed by atoms with E-state index in [9.17, 15) is 0 Å². The van der Waals surface area contributed by atoms with Crippen LogP contribution in [0, 0.1) is 6.92 Å². The van der Waals surface area contributed by atoms with Crippen molar-refractivity contribution in [3.8, 4) is 11.3 Å². The standard InChI is InChI=1S/C23H24N6O2/c1-14-13-30-8-7-29(14)17-11-28(12-17)22-10-24-19-5-4-18(26-23(19)27-22)16-3-6-21-20(9-16)25-15(2)31-21/h3-6,9-10,14,17H,7-8,11-13H2,1-2H3/t14-/m1/s1. The van der Waals surface area contributed by atoms with Gasteiger partial charge in [-0.25, -0.2) is 19.9 Å². The molecule has 1 aromatic carbocycles. The second-order valence-corrected chi connectivity index (χ2v) is 8.40. The molecule has 8 nitrogen and oxygen atoms in total. The second kappa shape index (κ2) is 7.25. The van der Waals surface area contributed by atoms with Gasteiger partial charge < -0.3 is 14.1 Å². The Kier molecular flexibility index (Phi) is 4.36. The molecule has 0 amide bonds. The molecule has 158 valence electrons. The molecule has 31 heavy (non-hydrogen) atoms. The number of ether oxygens (including phenoxy) is 1. The zero-order valence-electron chi connectivity index (χ0n) is 17.7. The lowest BCUT2D eigenvalue weighted by Crippen LogP contribution is -2.64. The molecule has 1 atom stereocenters. The summed E-state index contributed by atoms with van der Waals surface area (Å²) in [6.45, 7) is 8.66. The minimum Gasteiger partial charge on any atom is -0.441 e. The monoisotopic (exact) mass is 416 g/mol. The highest BCUT2D eigenvalue weighted by Crippen LogP contribution is 2.27. The van der Waals surface area contributed by atoms with Gasteiger partial charge in [-0.2, -0.15) is 0 Å². The van der Waals surface area contributed by atoms with Crippen LogP contribution in [0.15, 0.2) is 40.9 Å². The van der Waals surface area contributed by atoms with Gasteiger partial charge in [0.1, 0.15) is 16.9 Å². The van der Waals surface area contributed by atoms with Gasteiger partial charge in [-0.3, -0.25) is 4.90 Å². The van der Waals surface area contributed by atoms with E-state index in [1.807, 2.05) is 43.5 Å². The van der Waals surface area contributed by atoms with Crippen molar-refractivity contribution in [2.45, 2.75) is 25.9 Å². The summed E-state index contributed by atoms with van der Waals surface area (Å²) in [6, 6.07) is 10.9. The van der Waals surface area contributed by atoms with E-state index in [0.717, 1.165) is 66.5 Å². The third-order valence-corrected chi connectivity index (χ3v) is 6.26. The number of nitrogens with zero attached hydrogens (tertiary/aromatic N) is 6. The molecule has 2 saturated heterocycles. The Bertz CT molecular complexity index is 1270. The fraction of sp³-hybridized carbons (Fsp3) is 0.391. The van der Waals surface area contributed by atoms with E-state index in [1.165, 1.54) is 0 Å². The maximum atomic E-state index is 5.58. The Morgan fingerprint density at radius 2 is 1.94 bits per heavy atom. The van der Waals surface area contributed by atoms with Crippen molar-refractivity contribution in [2.24, 2.45) is 0 Å². The zero-order valence-corrected chi connectivity index (χ0v) is 17.7. The maximum absolute atomic E-state index is 5.58. The molecule has 0 unspecified atom stereocenters. The molecule has 0 bridgehead atoms. The lowest BCUT2D eigenvalue weighted by Gasteiger charge is -2.49. The first-order valence-electron chi connectivity index (χ1n) is 10.7. The molecule has 0 saturated carbocycles. The van der Waals surface area contributed by atoms with Gasteiger partial charge in [0.25, 0.3) is 0 Å². The van der Waals surface area contributed by atoms with Crippen molar-refractivity contribution < 1.29 is 9.15 Å². The summed E-state index contributed by atoms with van der Waals surface area (Å²) in [7, 11) is 0. The SMILES string of the molecule is Cc1nc2cc(-c3ccc4ncc(N5CC(N6CCOC[C@H]6C)C5)nc4n3)ccc2o1. The first kappa shape index (κ1) is 18.7. The summed E-state index contributed by atoms with van der Waals surface area (Å²) in [6.07, 6.45) is 1.85. The van der Waals surface area contributed by atoms with Gasteiger partial charge in [0.15, 0.2) is 17.1 Å². The van der Waals surface area contributed by atoms with Gasteiger partial charge in [-0.1, -0.05) is 0 Å². The fourth-order valence-corrected chi connectivity index (χ4v) is 4.54. The second-order valence-electron chi connectivity index (χ2n) is 8.40. The highest BCUT2D eigenvalue weighted by molar-refractivity contribution is 5.81. The van der Waals surface area contributed by atoms with E-state index in [4.69, 9.17) is 19.1 Å². The Morgan fingerprint density at radius 3 is 2.81 bits per heavy atom.